The van der Waals surface area contributed by atoms with Crippen molar-refractivity contribution < 1.29 is 9.47 Å². The number of nitriles is 3. The third-order valence-electron chi connectivity index (χ3n) is 6.63. The van der Waals surface area contributed by atoms with E-state index in [1.165, 1.54) is 0 Å². The Balaban J connectivity index is 1.80. The second-order valence-electron chi connectivity index (χ2n) is 8.58. The average Bonchev–Trinajstić information content (AvgIpc) is 2.87. The fourth-order valence-electron chi connectivity index (χ4n) is 4.93. The lowest BCUT2D eigenvalue weighted by Gasteiger charge is -2.45. The first-order chi connectivity index (χ1) is 16.5. The van der Waals surface area contributed by atoms with Gasteiger partial charge in [0, 0.05) is 24.9 Å². The van der Waals surface area contributed by atoms with Gasteiger partial charge in [0.2, 0.25) is 0 Å². The van der Waals surface area contributed by atoms with Crippen molar-refractivity contribution in [2.45, 2.75) is 12.5 Å². The molecule has 0 bridgehead atoms. The molecule has 0 fully saturated rings. The summed E-state index contributed by atoms with van der Waals surface area (Å²) in [6.45, 7) is 1.63. The highest BCUT2D eigenvalue weighted by atomic mass is 16.5. The normalized spacial score (nSPS) is 21.3. The molecule has 1 heterocycles. The highest BCUT2D eigenvalue weighted by molar-refractivity contribution is 5.60. The van der Waals surface area contributed by atoms with Gasteiger partial charge in [0.05, 0.1) is 30.5 Å². The Bertz CT molecular complexity index is 1260. The molecule has 0 spiro atoms. The molecular formula is C27H25N5O2. The van der Waals surface area contributed by atoms with Crippen LogP contribution in [0.4, 0.5) is 0 Å². The Kier molecular flexibility index (Phi) is 6.28. The molecule has 7 heteroatoms. The third kappa shape index (κ3) is 3.75. The van der Waals surface area contributed by atoms with Gasteiger partial charge >= 0.3 is 0 Å². The highest BCUT2D eigenvalue weighted by Gasteiger charge is 2.54. The summed E-state index contributed by atoms with van der Waals surface area (Å²) < 4.78 is 11.6. The molecule has 2 aromatic carbocycles. The lowest BCUT2D eigenvalue weighted by Crippen LogP contribution is -2.47. The summed E-state index contributed by atoms with van der Waals surface area (Å²) in [6.07, 6.45) is 1.97. The van der Waals surface area contributed by atoms with Crippen LogP contribution in [0.15, 0.2) is 71.5 Å². The highest BCUT2D eigenvalue weighted by Crippen LogP contribution is 2.54. The number of likely N-dealkylation sites (N-methyl/N-ethyl adjacent to an activating group) is 1. The van der Waals surface area contributed by atoms with E-state index in [0.29, 0.717) is 31.2 Å². The number of methoxy groups -OCH3 is 1. The van der Waals surface area contributed by atoms with E-state index in [-0.39, 0.29) is 17.2 Å². The Morgan fingerprint density at radius 1 is 1.09 bits per heavy atom. The lowest BCUT2D eigenvalue weighted by molar-refractivity contribution is 0.237. The Labute approximate surface area is 199 Å². The smallest absolute Gasteiger partial charge is 0.191 e. The molecule has 0 unspecified atom stereocenters. The lowest BCUT2D eigenvalue weighted by atomic mass is 9.58. The van der Waals surface area contributed by atoms with Crippen LogP contribution in [0.2, 0.25) is 0 Å². The van der Waals surface area contributed by atoms with Crippen LogP contribution in [-0.4, -0.2) is 32.1 Å². The van der Waals surface area contributed by atoms with E-state index in [1.54, 1.807) is 13.2 Å². The molecule has 2 aromatic rings. The van der Waals surface area contributed by atoms with Crippen molar-refractivity contribution in [1.29, 1.82) is 15.8 Å². The van der Waals surface area contributed by atoms with Gasteiger partial charge in [-0.3, -0.25) is 0 Å². The van der Waals surface area contributed by atoms with Crippen LogP contribution < -0.4 is 15.2 Å². The van der Waals surface area contributed by atoms with Crippen molar-refractivity contribution in [3.05, 3.63) is 82.6 Å². The van der Waals surface area contributed by atoms with E-state index in [9.17, 15) is 15.8 Å². The number of hydrogen-bond acceptors (Lipinski definition) is 7. The molecule has 2 atom stereocenters. The van der Waals surface area contributed by atoms with Crippen molar-refractivity contribution in [2.75, 3.05) is 27.2 Å². The van der Waals surface area contributed by atoms with Gasteiger partial charge in [-0.05, 0) is 35.9 Å². The molecule has 0 amide bonds. The molecule has 170 valence electrons. The summed E-state index contributed by atoms with van der Waals surface area (Å²) in [7, 11) is 3.53. The number of benzene rings is 2. The number of allylic oxidation sites excluding steroid dienone is 2. The molecule has 7 nitrogen and oxygen atoms in total. The molecular weight excluding hydrogens is 426 g/mol. The van der Waals surface area contributed by atoms with E-state index in [0.717, 1.165) is 16.7 Å². The van der Waals surface area contributed by atoms with Gasteiger partial charge < -0.3 is 20.1 Å². The van der Waals surface area contributed by atoms with Crippen molar-refractivity contribution in [1.82, 2.24) is 4.90 Å². The summed E-state index contributed by atoms with van der Waals surface area (Å²) in [5.41, 5.74) is 7.51. The predicted molar refractivity (Wildman–Crippen MR) is 126 cm³/mol. The molecule has 4 rings (SSSR count). The zero-order chi connectivity index (χ0) is 24.3. The van der Waals surface area contributed by atoms with Gasteiger partial charge in [0.25, 0.3) is 0 Å². The van der Waals surface area contributed by atoms with Crippen LogP contribution in [0.1, 0.15) is 17.0 Å². The summed E-state index contributed by atoms with van der Waals surface area (Å²) >= 11 is 0. The van der Waals surface area contributed by atoms with E-state index >= 15 is 0 Å². The van der Waals surface area contributed by atoms with E-state index < -0.39 is 11.3 Å². The Morgan fingerprint density at radius 3 is 2.47 bits per heavy atom. The van der Waals surface area contributed by atoms with E-state index in [2.05, 4.69) is 23.1 Å². The first-order valence-corrected chi connectivity index (χ1v) is 11.0. The Hall–Kier alpha value is -4.25. The number of fused-ring (bicyclic) bond motifs is 1. The molecule has 34 heavy (non-hydrogen) atoms. The van der Waals surface area contributed by atoms with Crippen LogP contribution in [0, 0.1) is 45.3 Å². The molecule has 1 aliphatic heterocycles. The molecule has 2 aliphatic rings. The first kappa shape index (κ1) is 22.9. The summed E-state index contributed by atoms with van der Waals surface area (Å²) in [5.74, 6) is 0.233. The van der Waals surface area contributed by atoms with Crippen LogP contribution >= 0.6 is 0 Å². The van der Waals surface area contributed by atoms with Crippen molar-refractivity contribution >= 4 is 0 Å². The number of hydrogen-bond donors (Lipinski definition) is 1. The van der Waals surface area contributed by atoms with E-state index in [4.69, 9.17) is 15.2 Å². The fraction of sp³-hybridized carbons (Fsp3) is 0.296. The van der Waals surface area contributed by atoms with Gasteiger partial charge in [0.1, 0.15) is 12.7 Å². The van der Waals surface area contributed by atoms with Crippen LogP contribution in [0.3, 0.4) is 0 Å². The monoisotopic (exact) mass is 451 g/mol. The second kappa shape index (κ2) is 9.32. The number of rotatable bonds is 5. The van der Waals surface area contributed by atoms with Gasteiger partial charge in [-0.2, -0.15) is 15.8 Å². The van der Waals surface area contributed by atoms with Gasteiger partial charge in [0.15, 0.2) is 16.9 Å². The first-order valence-electron chi connectivity index (χ1n) is 11.0. The van der Waals surface area contributed by atoms with Gasteiger partial charge in [-0.1, -0.05) is 42.5 Å². The standard InChI is InChI=1S/C27H25N5O2/c1-32-11-10-20-21(13-28)26(31)27(16-29,17-30)25(22(20)14-32)19-8-9-23(24(12-19)33-2)34-15-18-6-4-3-5-7-18/h3-10,12,22,25H,11,14-15,31H2,1-2H3/t22-,25+/m0/s1. The Morgan fingerprint density at radius 2 is 1.82 bits per heavy atom. The minimum Gasteiger partial charge on any atom is -0.493 e. The molecule has 0 radical (unpaired) electrons. The zero-order valence-corrected chi connectivity index (χ0v) is 19.2. The van der Waals surface area contributed by atoms with E-state index in [1.807, 2.05) is 55.6 Å². The zero-order valence-electron chi connectivity index (χ0n) is 19.2. The minimum atomic E-state index is -1.68. The molecule has 0 saturated heterocycles. The average molecular weight is 452 g/mol. The van der Waals surface area contributed by atoms with Crippen LogP contribution in [0.5, 0.6) is 11.5 Å². The molecule has 1 aliphatic carbocycles. The minimum absolute atomic E-state index is 0.0143. The SMILES string of the molecule is COc1cc([C@@H]2[C@H]3CN(C)CC=C3C(C#N)=C(N)C2(C#N)C#N)ccc1OCc1ccccc1. The number of nitrogens with zero attached hydrogens (tertiary/aromatic N) is 4. The van der Waals surface area contributed by atoms with Crippen LogP contribution in [0.25, 0.3) is 0 Å². The topological polar surface area (TPSA) is 119 Å². The molecule has 2 N–H and O–H groups in total. The predicted octanol–water partition coefficient (Wildman–Crippen LogP) is 3.63. The summed E-state index contributed by atoms with van der Waals surface area (Å²) in [4.78, 5) is 2.10. The van der Waals surface area contributed by atoms with Crippen LogP contribution in [-0.2, 0) is 6.61 Å². The maximum atomic E-state index is 10.2. The second-order valence-corrected chi connectivity index (χ2v) is 8.58. The van der Waals surface area contributed by atoms with Crippen molar-refractivity contribution in [3.63, 3.8) is 0 Å². The number of nitrogens with two attached hydrogens (primary N) is 1. The summed E-state index contributed by atoms with van der Waals surface area (Å²) in [5, 5.41) is 30.3. The third-order valence-corrected chi connectivity index (χ3v) is 6.63. The quantitative estimate of drug-likeness (QED) is 0.737. The van der Waals surface area contributed by atoms with Gasteiger partial charge in [-0.15, -0.1) is 0 Å². The van der Waals surface area contributed by atoms with Crippen molar-refractivity contribution in [2.24, 2.45) is 17.1 Å². The number of ether oxygens (including phenoxy) is 2. The maximum Gasteiger partial charge on any atom is 0.191 e. The molecule has 0 aromatic heterocycles. The van der Waals surface area contributed by atoms with Gasteiger partial charge in [-0.25, -0.2) is 0 Å². The fourth-order valence-corrected chi connectivity index (χ4v) is 4.93. The maximum absolute atomic E-state index is 10.2. The molecule has 0 saturated carbocycles. The summed E-state index contributed by atoms with van der Waals surface area (Å²) in [6, 6.07) is 21.7. The largest absolute Gasteiger partial charge is 0.493 e. The van der Waals surface area contributed by atoms with Crippen molar-refractivity contribution in [3.8, 4) is 29.7 Å².